The first-order valence-electron chi connectivity index (χ1n) is 28.9. The molecule has 2 aromatic heterocycles. The number of fused-ring (bicyclic) bond motifs is 5. The second kappa shape index (κ2) is 33.7. The van der Waals surface area contributed by atoms with Crippen LogP contribution in [0.25, 0.3) is 22.3 Å². The number of hydrogen-bond acceptors (Lipinski definition) is 20. The standard InChI is InChI=1S/C58H78N10O19/c1-5-58(80)42-31-45-52-40(34-68(45)56(78)41(42)35-87-57(58)79)38(39-9-7-8-10-43(39)64-52)13-17-66(6-2)51(74)33-61-55(77)44(32-46(59)69)65-54(76)37(4)63-53(75)36(3)62-48(71)15-19-81-21-23-83-25-27-85-29-30-86-28-26-84-24-22-82-20-16-60-47(70)14-18-67-49(72)11-12-50(67)73/h7-12,31,36-37,44,80H,5-6,13-30,32-35H2,1-4H3,(H2,59,69)(H,60,70)(H,61,77)(H,62,71)(H,63,75)(H,65,76)/t36-,37-,44-,58-/m0/s1. The van der Waals surface area contributed by atoms with Crippen LogP contribution in [-0.2, 0) is 106 Å². The Kier molecular flexibility index (Phi) is 26.4. The highest BCUT2D eigenvalue weighted by atomic mass is 16.6. The van der Waals surface area contributed by atoms with Gasteiger partial charge in [-0.15, -0.1) is 0 Å². The van der Waals surface area contributed by atoms with Gasteiger partial charge in [-0.2, -0.15) is 0 Å². The summed E-state index contributed by atoms with van der Waals surface area (Å²) in [4.78, 5) is 147. The highest BCUT2D eigenvalue weighted by molar-refractivity contribution is 6.13. The predicted octanol–water partition coefficient (Wildman–Crippen LogP) is -2.12. The van der Waals surface area contributed by atoms with Crippen LogP contribution in [0.2, 0.25) is 0 Å². The largest absolute Gasteiger partial charge is 0.458 e. The van der Waals surface area contributed by atoms with Gasteiger partial charge < -0.3 is 80.0 Å². The zero-order chi connectivity index (χ0) is 63.0. The number of nitrogens with one attached hydrogen (secondary N) is 5. The number of esters is 1. The third-order valence-electron chi connectivity index (χ3n) is 14.4. The van der Waals surface area contributed by atoms with Crippen molar-refractivity contribution in [3.63, 3.8) is 0 Å². The summed E-state index contributed by atoms with van der Waals surface area (Å²) >= 11 is 0. The second-order valence-corrected chi connectivity index (χ2v) is 20.4. The maximum absolute atomic E-state index is 13.9. The molecule has 4 atom stereocenters. The zero-order valence-electron chi connectivity index (χ0n) is 49.4. The number of ether oxygens (including phenoxy) is 7. The number of amides is 9. The van der Waals surface area contributed by atoms with Gasteiger partial charge in [0.2, 0.25) is 41.4 Å². The van der Waals surface area contributed by atoms with E-state index in [1.165, 1.54) is 30.9 Å². The molecule has 0 bridgehead atoms. The topological polar surface area (TPSA) is 383 Å². The summed E-state index contributed by atoms with van der Waals surface area (Å²) < 4.78 is 39.5. The van der Waals surface area contributed by atoms with Crippen molar-refractivity contribution in [3.8, 4) is 11.4 Å². The summed E-state index contributed by atoms with van der Waals surface area (Å²) in [7, 11) is 0. The fraction of sp³-hybridized carbons (Fsp3) is 0.552. The van der Waals surface area contributed by atoms with Crippen LogP contribution in [0, 0.1) is 0 Å². The highest BCUT2D eigenvalue weighted by Crippen LogP contribution is 2.40. The van der Waals surface area contributed by atoms with Gasteiger partial charge in [0.25, 0.3) is 17.4 Å². The Morgan fingerprint density at radius 2 is 1.32 bits per heavy atom. The van der Waals surface area contributed by atoms with E-state index in [0.717, 1.165) is 21.4 Å². The number of cyclic esters (lactones) is 1. The van der Waals surface area contributed by atoms with Gasteiger partial charge in [-0.3, -0.25) is 52.8 Å². The van der Waals surface area contributed by atoms with Crippen LogP contribution in [0.5, 0.6) is 0 Å². The number of primary amides is 1. The van der Waals surface area contributed by atoms with E-state index in [4.69, 9.17) is 43.9 Å². The van der Waals surface area contributed by atoms with Crippen LogP contribution in [0.4, 0.5) is 0 Å². The Morgan fingerprint density at radius 3 is 1.93 bits per heavy atom. The number of benzene rings is 1. The molecule has 0 aliphatic carbocycles. The highest BCUT2D eigenvalue weighted by Gasteiger charge is 2.45. The molecule has 1 aromatic carbocycles. The smallest absolute Gasteiger partial charge is 0.343 e. The molecule has 3 aliphatic rings. The van der Waals surface area contributed by atoms with E-state index in [1.807, 2.05) is 24.3 Å². The van der Waals surface area contributed by atoms with Gasteiger partial charge in [-0.05, 0) is 51.3 Å². The minimum atomic E-state index is -2.00. The van der Waals surface area contributed by atoms with Crippen molar-refractivity contribution in [1.82, 2.24) is 45.9 Å². The Hall–Kier alpha value is -8.06. The SMILES string of the molecule is CCN(CCc1c2c(nc3ccccc13)-c1cc3c(c(=O)n1C2)COC(=O)[C@]3(O)CC)C(=O)CNC(=O)[C@H](CC(N)=O)NC(=O)[C@H](C)NC(=O)[C@H](C)NC(=O)CCOCCOCCOCCOCCOCCOCCNC(=O)CCN1C(=O)C=CC1=O. The van der Waals surface area contributed by atoms with E-state index in [9.17, 15) is 57.8 Å². The number of rotatable bonds is 39. The van der Waals surface area contributed by atoms with Crippen LogP contribution in [-0.4, -0.2) is 214 Å². The van der Waals surface area contributed by atoms with Crippen molar-refractivity contribution in [3.05, 3.63) is 75.1 Å². The molecule has 0 saturated heterocycles. The van der Waals surface area contributed by atoms with Gasteiger partial charge in [0.1, 0.15) is 24.7 Å². The normalized spacial score (nSPS) is 15.9. The number of aromatic nitrogens is 2. The Labute approximate surface area is 501 Å². The molecule has 5 heterocycles. The van der Waals surface area contributed by atoms with Gasteiger partial charge in [0.05, 0.1) is 121 Å². The van der Waals surface area contributed by atoms with E-state index in [1.54, 1.807) is 24.5 Å². The molecule has 3 aromatic rings. The first-order valence-corrected chi connectivity index (χ1v) is 28.9. The van der Waals surface area contributed by atoms with E-state index < -0.39 is 95.5 Å². The minimum Gasteiger partial charge on any atom is -0.458 e. The number of likely N-dealkylation sites (N-methyl/N-ethyl adjacent to an activating group) is 1. The quantitative estimate of drug-likeness (QED) is 0.0143. The van der Waals surface area contributed by atoms with E-state index in [0.29, 0.717) is 76.2 Å². The van der Waals surface area contributed by atoms with Crippen molar-refractivity contribution in [2.45, 2.75) is 96.7 Å². The number of nitrogens with zero attached hydrogens (tertiary/aromatic N) is 4. The van der Waals surface area contributed by atoms with Gasteiger partial charge >= 0.3 is 5.97 Å². The number of hydrogen-bond donors (Lipinski definition) is 7. The lowest BCUT2D eigenvalue weighted by Gasteiger charge is -2.31. The van der Waals surface area contributed by atoms with Crippen LogP contribution in [0.1, 0.15) is 75.6 Å². The van der Waals surface area contributed by atoms with E-state index in [-0.39, 0.29) is 102 Å². The van der Waals surface area contributed by atoms with E-state index >= 15 is 0 Å². The average molecular weight is 1220 g/mol. The first-order chi connectivity index (χ1) is 41.8. The summed E-state index contributed by atoms with van der Waals surface area (Å²) in [5, 5.41) is 24.7. The molecule has 0 radical (unpaired) electrons. The molecule has 29 heteroatoms. The zero-order valence-corrected chi connectivity index (χ0v) is 49.4. The number of aliphatic hydroxyl groups is 1. The number of carbonyl (C=O) groups excluding carboxylic acids is 10. The maximum atomic E-state index is 13.9. The fourth-order valence-corrected chi connectivity index (χ4v) is 9.57. The molecule has 474 valence electrons. The van der Waals surface area contributed by atoms with Crippen LogP contribution in [0.15, 0.2) is 47.3 Å². The summed E-state index contributed by atoms with van der Waals surface area (Å²) in [6.45, 7) is 9.65. The van der Waals surface area contributed by atoms with E-state index in [2.05, 4.69) is 26.6 Å². The lowest BCUT2D eigenvalue weighted by Crippen LogP contribution is -2.56. The van der Waals surface area contributed by atoms with Crippen molar-refractivity contribution >= 4 is 70.0 Å². The molecular formula is C58H78N10O19. The summed E-state index contributed by atoms with van der Waals surface area (Å²) in [6, 6.07) is 5.19. The third-order valence-corrected chi connectivity index (χ3v) is 14.4. The minimum absolute atomic E-state index is 0.0104. The van der Waals surface area contributed by atoms with Crippen molar-refractivity contribution in [2.75, 3.05) is 112 Å². The number of carbonyl (C=O) groups is 10. The van der Waals surface area contributed by atoms with Gasteiger partial charge in [-0.25, -0.2) is 9.78 Å². The molecule has 8 N–H and O–H groups in total. The molecule has 9 amide bonds. The molecule has 0 spiro atoms. The van der Waals surface area contributed by atoms with Crippen LogP contribution >= 0.6 is 0 Å². The molecule has 3 aliphatic heterocycles. The predicted molar refractivity (Wildman–Crippen MR) is 307 cm³/mol. The lowest BCUT2D eigenvalue weighted by molar-refractivity contribution is -0.172. The van der Waals surface area contributed by atoms with Crippen LogP contribution in [0.3, 0.4) is 0 Å². The molecule has 0 fully saturated rings. The number of nitrogens with two attached hydrogens (primary N) is 1. The van der Waals surface area contributed by atoms with Crippen molar-refractivity contribution in [2.24, 2.45) is 5.73 Å². The molecule has 29 nitrogen and oxygen atoms in total. The van der Waals surface area contributed by atoms with Crippen molar-refractivity contribution < 1.29 is 86.2 Å². The second-order valence-electron chi connectivity index (χ2n) is 20.4. The Bertz CT molecular complexity index is 3060. The van der Waals surface area contributed by atoms with Crippen molar-refractivity contribution in [1.29, 1.82) is 0 Å². The summed E-state index contributed by atoms with van der Waals surface area (Å²) in [5.74, 6) is -6.35. The van der Waals surface area contributed by atoms with Gasteiger partial charge in [0, 0.05) is 67.7 Å². The maximum Gasteiger partial charge on any atom is 0.343 e. The number of imide groups is 1. The number of para-hydroxylation sites is 1. The Balaban J connectivity index is 0.804. The molecule has 6 rings (SSSR count). The summed E-state index contributed by atoms with van der Waals surface area (Å²) in [5.41, 5.74) is 6.51. The Morgan fingerprint density at radius 1 is 0.736 bits per heavy atom. The fourth-order valence-electron chi connectivity index (χ4n) is 9.57. The average Bonchev–Trinajstić information content (AvgIpc) is 1.99. The molecule has 0 unspecified atom stereocenters. The summed E-state index contributed by atoms with van der Waals surface area (Å²) in [6.07, 6.45) is 1.95. The molecule has 0 saturated carbocycles. The monoisotopic (exact) mass is 1220 g/mol. The van der Waals surface area contributed by atoms with Gasteiger partial charge in [-0.1, -0.05) is 25.1 Å². The van der Waals surface area contributed by atoms with Gasteiger partial charge in [0.15, 0.2) is 5.60 Å². The molecular weight excluding hydrogens is 1140 g/mol. The third kappa shape index (κ3) is 19.2. The number of pyridine rings is 2. The molecule has 87 heavy (non-hydrogen) atoms. The van der Waals surface area contributed by atoms with Crippen LogP contribution < -0.4 is 37.9 Å². The first kappa shape index (κ1) is 68.1. The lowest BCUT2D eigenvalue weighted by atomic mass is 9.86.